The molecule has 3 N–H and O–H groups in total. The second-order valence-corrected chi connectivity index (χ2v) is 5.15. The van der Waals surface area contributed by atoms with Crippen LogP contribution < -0.4 is 11.1 Å². The molecule has 0 saturated carbocycles. The van der Waals surface area contributed by atoms with Crippen molar-refractivity contribution in [1.29, 1.82) is 0 Å². The molecule has 1 aromatic heterocycles. The molecular weight excluding hydrogens is 308 g/mol. The van der Waals surface area contributed by atoms with Crippen molar-refractivity contribution >= 4 is 22.9 Å². The molecule has 0 spiro atoms. The molecule has 112 valence electrons. The number of thiophene rings is 1. The van der Waals surface area contributed by atoms with Crippen LogP contribution in [0.5, 0.6) is 0 Å². The summed E-state index contributed by atoms with van der Waals surface area (Å²) in [5.41, 5.74) is 4.08. The van der Waals surface area contributed by atoms with E-state index in [1.165, 1.54) is 11.3 Å². The molecule has 1 aromatic carbocycles. The minimum Gasteiger partial charge on any atom is -0.324 e. The molecule has 0 fully saturated rings. The van der Waals surface area contributed by atoms with E-state index in [9.17, 15) is 22.4 Å². The first-order valence-electron chi connectivity index (χ1n) is 5.75. The van der Waals surface area contributed by atoms with Gasteiger partial charge in [0, 0.05) is 10.6 Å². The summed E-state index contributed by atoms with van der Waals surface area (Å²) in [7, 11) is 0. The van der Waals surface area contributed by atoms with Crippen LogP contribution in [-0.2, 0) is 11.0 Å². The lowest BCUT2D eigenvalue weighted by Gasteiger charge is -2.13. The number of halogens is 4. The summed E-state index contributed by atoms with van der Waals surface area (Å²) in [4.78, 5) is 12.4. The minimum atomic E-state index is -4.83. The molecule has 3 nitrogen and oxygen atoms in total. The first-order chi connectivity index (χ1) is 9.79. The van der Waals surface area contributed by atoms with Gasteiger partial charge < -0.3 is 11.1 Å². The maximum absolute atomic E-state index is 13.1. The Labute approximate surface area is 121 Å². The summed E-state index contributed by atoms with van der Waals surface area (Å²) in [5.74, 6) is -2.07. The van der Waals surface area contributed by atoms with Gasteiger partial charge in [-0.25, -0.2) is 4.39 Å². The monoisotopic (exact) mass is 318 g/mol. The van der Waals surface area contributed by atoms with Crippen LogP contribution in [0.25, 0.3) is 0 Å². The van der Waals surface area contributed by atoms with E-state index in [0.29, 0.717) is 17.0 Å². The Hall–Kier alpha value is -1.93. The number of rotatable bonds is 3. The molecule has 0 radical (unpaired) electrons. The summed E-state index contributed by atoms with van der Waals surface area (Å²) >= 11 is 1.25. The van der Waals surface area contributed by atoms with Gasteiger partial charge in [0.05, 0.1) is 5.56 Å². The summed E-state index contributed by atoms with van der Waals surface area (Å²) in [6.45, 7) is 0. The third-order valence-electron chi connectivity index (χ3n) is 2.67. The van der Waals surface area contributed by atoms with E-state index in [2.05, 4.69) is 5.32 Å². The predicted molar refractivity (Wildman–Crippen MR) is 71.3 cm³/mol. The van der Waals surface area contributed by atoms with Crippen molar-refractivity contribution in [3.63, 3.8) is 0 Å². The van der Waals surface area contributed by atoms with Gasteiger partial charge in [0.2, 0.25) is 5.91 Å². The highest BCUT2D eigenvalue weighted by Gasteiger charge is 2.34. The van der Waals surface area contributed by atoms with Crippen LogP contribution >= 0.6 is 11.3 Å². The molecule has 0 aliphatic heterocycles. The van der Waals surface area contributed by atoms with Crippen molar-refractivity contribution in [2.75, 3.05) is 5.32 Å². The molecule has 1 heterocycles. The molecule has 1 amide bonds. The zero-order valence-electron chi connectivity index (χ0n) is 10.4. The first-order valence-corrected chi connectivity index (χ1v) is 6.63. The van der Waals surface area contributed by atoms with Crippen LogP contribution in [0.4, 0.5) is 23.2 Å². The van der Waals surface area contributed by atoms with Gasteiger partial charge in [-0.1, -0.05) is 6.07 Å². The second-order valence-electron chi connectivity index (χ2n) is 4.17. The van der Waals surface area contributed by atoms with E-state index in [1.807, 2.05) is 0 Å². The van der Waals surface area contributed by atoms with Crippen LogP contribution in [0.2, 0.25) is 0 Å². The van der Waals surface area contributed by atoms with E-state index < -0.39 is 29.5 Å². The number of hydrogen-bond acceptors (Lipinski definition) is 3. The van der Waals surface area contributed by atoms with E-state index in [-0.39, 0.29) is 5.69 Å². The van der Waals surface area contributed by atoms with E-state index in [0.717, 1.165) is 6.07 Å². The molecule has 1 unspecified atom stereocenters. The Bertz CT molecular complexity index is 640. The van der Waals surface area contributed by atoms with Crippen molar-refractivity contribution in [2.24, 2.45) is 5.73 Å². The molecule has 2 aromatic rings. The van der Waals surface area contributed by atoms with Crippen molar-refractivity contribution in [1.82, 2.24) is 0 Å². The maximum atomic E-state index is 13.1. The van der Waals surface area contributed by atoms with E-state index in [1.54, 1.807) is 17.5 Å². The Kier molecular flexibility index (Phi) is 4.29. The first kappa shape index (κ1) is 15.5. The topological polar surface area (TPSA) is 55.1 Å². The van der Waals surface area contributed by atoms with Crippen molar-refractivity contribution in [3.8, 4) is 0 Å². The summed E-state index contributed by atoms with van der Waals surface area (Å²) in [5, 5.41) is 3.97. The van der Waals surface area contributed by atoms with Gasteiger partial charge in [-0.05, 0) is 29.6 Å². The molecule has 21 heavy (non-hydrogen) atoms. The van der Waals surface area contributed by atoms with Gasteiger partial charge in [0.25, 0.3) is 0 Å². The number of hydrogen-bond donors (Lipinski definition) is 2. The number of carbonyl (C=O) groups is 1. The van der Waals surface area contributed by atoms with Crippen LogP contribution in [0.15, 0.2) is 35.7 Å². The quantitative estimate of drug-likeness (QED) is 0.851. The summed E-state index contributed by atoms with van der Waals surface area (Å²) in [6.07, 6.45) is -4.83. The number of nitrogens with one attached hydrogen (secondary N) is 1. The minimum absolute atomic E-state index is 0.166. The number of nitrogens with two attached hydrogens (primary N) is 1. The standard InChI is InChI=1S/C13H10F4N2OS/c14-9-4-3-7(6-8(9)13(15,16)17)19-12(20)11(18)10-2-1-5-21-10/h1-6,11H,18H2,(H,19,20). The molecule has 0 bridgehead atoms. The number of anilines is 1. The second kappa shape index (κ2) is 5.82. The van der Waals surface area contributed by atoms with Crippen molar-refractivity contribution < 1.29 is 22.4 Å². The Morgan fingerprint density at radius 3 is 2.57 bits per heavy atom. The highest BCUT2D eigenvalue weighted by Crippen LogP contribution is 2.33. The fourth-order valence-electron chi connectivity index (χ4n) is 1.64. The lowest BCUT2D eigenvalue weighted by molar-refractivity contribution is -0.140. The van der Waals surface area contributed by atoms with Crippen molar-refractivity contribution in [2.45, 2.75) is 12.2 Å². The lowest BCUT2D eigenvalue weighted by Crippen LogP contribution is -2.27. The van der Waals surface area contributed by atoms with Gasteiger partial charge in [-0.2, -0.15) is 13.2 Å². The SMILES string of the molecule is NC(C(=O)Nc1ccc(F)c(C(F)(F)F)c1)c1cccs1. The highest BCUT2D eigenvalue weighted by atomic mass is 32.1. The predicted octanol–water partition coefficient (Wildman–Crippen LogP) is 3.54. The maximum Gasteiger partial charge on any atom is 0.419 e. The smallest absolute Gasteiger partial charge is 0.324 e. The summed E-state index contributed by atoms with van der Waals surface area (Å²) in [6, 6.07) is 4.57. The lowest BCUT2D eigenvalue weighted by atomic mass is 10.1. The van der Waals surface area contributed by atoms with Crippen molar-refractivity contribution in [3.05, 3.63) is 52.0 Å². The Balaban J connectivity index is 2.18. The molecular formula is C13H10F4N2OS. The highest BCUT2D eigenvalue weighted by molar-refractivity contribution is 7.10. The fraction of sp³-hybridized carbons (Fsp3) is 0.154. The van der Waals surface area contributed by atoms with Crippen LogP contribution in [0.3, 0.4) is 0 Å². The van der Waals surface area contributed by atoms with E-state index >= 15 is 0 Å². The molecule has 0 aliphatic carbocycles. The molecule has 2 rings (SSSR count). The Morgan fingerprint density at radius 2 is 2.00 bits per heavy atom. The molecule has 0 aliphatic rings. The largest absolute Gasteiger partial charge is 0.419 e. The van der Waals surface area contributed by atoms with Crippen LogP contribution in [-0.4, -0.2) is 5.91 Å². The van der Waals surface area contributed by atoms with Crippen LogP contribution in [0.1, 0.15) is 16.5 Å². The van der Waals surface area contributed by atoms with E-state index in [4.69, 9.17) is 5.73 Å². The van der Waals surface area contributed by atoms with Gasteiger partial charge in [0.15, 0.2) is 0 Å². The van der Waals surface area contributed by atoms with Gasteiger partial charge in [-0.15, -0.1) is 11.3 Å². The fourth-order valence-corrected chi connectivity index (χ4v) is 2.36. The third-order valence-corrected chi connectivity index (χ3v) is 3.63. The number of carbonyl (C=O) groups excluding carboxylic acids is 1. The zero-order valence-corrected chi connectivity index (χ0v) is 11.3. The average Bonchev–Trinajstić information content (AvgIpc) is 2.92. The third kappa shape index (κ3) is 3.59. The number of amides is 1. The van der Waals surface area contributed by atoms with Gasteiger partial charge in [0.1, 0.15) is 11.9 Å². The normalized spacial score (nSPS) is 13.0. The van der Waals surface area contributed by atoms with Gasteiger partial charge >= 0.3 is 6.18 Å². The Morgan fingerprint density at radius 1 is 1.29 bits per heavy atom. The average molecular weight is 318 g/mol. The van der Waals surface area contributed by atoms with Crippen LogP contribution in [0, 0.1) is 5.82 Å². The van der Waals surface area contributed by atoms with Gasteiger partial charge in [-0.3, -0.25) is 4.79 Å². The number of benzene rings is 1. The molecule has 0 saturated heterocycles. The molecule has 8 heteroatoms. The number of alkyl halides is 3. The zero-order chi connectivity index (χ0) is 15.6. The summed E-state index contributed by atoms with van der Waals surface area (Å²) < 4.78 is 50.8. The molecule has 1 atom stereocenters.